The van der Waals surface area contributed by atoms with Gasteiger partial charge in [0.05, 0.1) is 35.9 Å². The Hall–Kier alpha value is -5.66. The number of H-pyrrole nitrogens is 2. The van der Waals surface area contributed by atoms with E-state index < -0.39 is 35.5 Å². The highest BCUT2D eigenvalue weighted by atomic mass is 16.6. The maximum atomic E-state index is 14.6. The first-order valence-electron chi connectivity index (χ1n) is 25.9. The van der Waals surface area contributed by atoms with E-state index >= 15 is 0 Å². The van der Waals surface area contributed by atoms with Gasteiger partial charge in [0.2, 0.25) is 11.8 Å². The van der Waals surface area contributed by atoms with E-state index in [4.69, 9.17) is 19.4 Å². The number of imidazole rings is 2. The molecule has 12 rings (SSSR count). The standard InChI is InChI=1S/C55H68N8O6/c1-27-38-19-37(20-39(27)38)47(61-53(67)69-55(5,6)7)51(65)63-43-22-35(43)24-45(63)49-57-26-41(59-49)31-14-10-29(11-15-31)28-8-12-30(13-9-28)40-25-56-48(58-40)44-23-34-21-42(34)62(44)50(64)46(36-17-32-16-33(32)18-36)60-52(66)68-54(2,3)4/h8-15,25-27,32-39,42-47H,16-24H2,1-7H3,(H,56,58)(H,57,59)(H,60,66)(H,61,67)/t27?,32-,33+,34-,35-,36?,37?,38-,39+,42-,43-,44+,45+,46?,47?/m1/s1. The lowest BCUT2D eigenvalue weighted by molar-refractivity contribution is -0.138. The van der Waals surface area contributed by atoms with Crippen LogP contribution >= 0.6 is 0 Å². The minimum absolute atomic E-state index is 0.00336. The normalized spacial score (nSPS) is 33.1. The molecule has 14 nitrogen and oxygen atoms in total. The van der Waals surface area contributed by atoms with Crippen LogP contribution in [0.2, 0.25) is 0 Å². The third-order valence-corrected chi connectivity index (χ3v) is 17.3. The van der Waals surface area contributed by atoms with E-state index in [1.165, 1.54) is 6.42 Å². The number of carbonyl (C=O) groups is 4. The maximum Gasteiger partial charge on any atom is 0.408 e. The number of aromatic nitrogens is 4. The summed E-state index contributed by atoms with van der Waals surface area (Å²) in [4.78, 5) is 76.3. The van der Waals surface area contributed by atoms with Crippen molar-refractivity contribution in [1.29, 1.82) is 0 Å². The van der Waals surface area contributed by atoms with Crippen molar-refractivity contribution in [3.63, 3.8) is 0 Å². The molecule has 2 aliphatic heterocycles. The molecule has 4 heterocycles. The predicted molar refractivity (Wildman–Crippen MR) is 259 cm³/mol. The minimum Gasteiger partial charge on any atom is -0.444 e. The average molecular weight is 937 g/mol. The first-order chi connectivity index (χ1) is 32.9. The van der Waals surface area contributed by atoms with Gasteiger partial charge in [0.15, 0.2) is 0 Å². The van der Waals surface area contributed by atoms with Gasteiger partial charge in [-0.3, -0.25) is 9.59 Å². The molecule has 6 saturated carbocycles. The molecule has 8 aliphatic rings. The number of benzene rings is 2. The summed E-state index contributed by atoms with van der Waals surface area (Å²) in [6, 6.07) is 15.7. The number of amides is 4. The molecule has 69 heavy (non-hydrogen) atoms. The molecule has 4 aromatic rings. The van der Waals surface area contributed by atoms with Gasteiger partial charge in [0.25, 0.3) is 0 Å². The number of likely N-dealkylation sites (tertiary alicyclic amines) is 2. The number of rotatable bonds is 11. The van der Waals surface area contributed by atoms with Crippen molar-refractivity contribution in [2.75, 3.05) is 0 Å². The number of nitrogens with one attached hydrogen (secondary N) is 4. The highest BCUT2D eigenvalue weighted by Gasteiger charge is 2.61. The number of fused-ring (bicyclic) bond motifs is 4. The number of hydrogen-bond acceptors (Lipinski definition) is 8. The summed E-state index contributed by atoms with van der Waals surface area (Å²) >= 11 is 0. The molecule has 14 heteroatoms. The Kier molecular flexibility index (Phi) is 10.5. The lowest BCUT2D eigenvalue weighted by Crippen LogP contribution is -2.53. The van der Waals surface area contributed by atoms with Crippen LogP contribution in [0.1, 0.15) is 130 Å². The lowest BCUT2D eigenvalue weighted by atomic mass is 9.91. The van der Waals surface area contributed by atoms with E-state index in [9.17, 15) is 19.2 Å². The van der Waals surface area contributed by atoms with E-state index in [1.54, 1.807) is 0 Å². The van der Waals surface area contributed by atoms with E-state index in [-0.39, 0.29) is 47.8 Å². The average Bonchev–Trinajstić information content (AvgIpc) is 4.16. The smallest absolute Gasteiger partial charge is 0.408 e. The first-order valence-corrected chi connectivity index (χ1v) is 25.9. The second-order valence-electron chi connectivity index (χ2n) is 24.3. The Morgan fingerprint density at radius 2 is 0.942 bits per heavy atom. The number of hydrogen-bond donors (Lipinski definition) is 4. The zero-order valence-corrected chi connectivity index (χ0v) is 41.0. The molecule has 8 fully saturated rings. The Bertz CT molecular complexity index is 2640. The highest BCUT2D eigenvalue weighted by molar-refractivity contribution is 5.88. The summed E-state index contributed by atoms with van der Waals surface area (Å²) in [5, 5.41) is 6.08. The monoisotopic (exact) mass is 937 g/mol. The van der Waals surface area contributed by atoms with Gasteiger partial charge in [-0.25, -0.2) is 19.6 Å². The van der Waals surface area contributed by atoms with Crippen molar-refractivity contribution in [3.05, 3.63) is 72.6 Å². The fraction of sp³-hybridized carbons (Fsp3) is 0.600. The Balaban J connectivity index is 0.707. The summed E-state index contributed by atoms with van der Waals surface area (Å²) in [6.45, 7) is 13.4. The van der Waals surface area contributed by atoms with Crippen LogP contribution in [0.4, 0.5) is 9.59 Å². The van der Waals surface area contributed by atoms with Gasteiger partial charge < -0.3 is 39.9 Å². The second-order valence-corrected chi connectivity index (χ2v) is 24.3. The Labute approximate surface area is 404 Å². The molecule has 2 saturated heterocycles. The summed E-state index contributed by atoms with van der Waals surface area (Å²) in [6.07, 6.45) is 11.5. The van der Waals surface area contributed by atoms with Gasteiger partial charge in [0, 0.05) is 12.1 Å². The van der Waals surface area contributed by atoms with Crippen LogP contribution in [-0.2, 0) is 19.1 Å². The predicted octanol–water partition coefficient (Wildman–Crippen LogP) is 9.58. The Morgan fingerprint density at radius 3 is 1.35 bits per heavy atom. The number of alkyl carbamates (subject to hydrolysis) is 2. The molecule has 2 aromatic carbocycles. The van der Waals surface area contributed by atoms with Gasteiger partial charge in [-0.15, -0.1) is 0 Å². The fourth-order valence-corrected chi connectivity index (χ4v) is 13.5. The Morgan fingerprint density at radius 1 is 0.551 bits per heavy atom. The van der Waals surface area contributed by atoms with E-state index in [1.807, 2.05) is 63.7 Å². The number of ether oxygens (including phenoxy) is 2. The molecule has 0 radical (unpaired) electrons. The topological polar surface area (TPSA) is 175 Å². The van der Waals surface area contributed by atoms with Crippen LogP contribution in [-0.4, -0.2) is 89.1 Å². The fourth-order valence-electron chi connectivity index (χ4n) is 13.5. The quantitative estimate of drug-likeness (QED) is 0.115. The SMILES string of the molecule is CC1[C@H]2CC(C(NC(=O)OC(C)(C)C)C(=O)N3[C@@H]4C[C@@H]4C[C@H]3c3ncc(-c4ccc(-c5ccc(-c6cnc([C@@H]7C[C@H]8C[C@H]8N7C(=O)C(NC(=O)OC(C)(C)C)C7C[C@@H]8C[C@@H]8C7)[nH]6)cc5)cc4)[nH]3)C[C@@H]12. The van der Waals surface area contributed by atoms with E-state index in [0.29, 0.717) is 41.4 Å². The number of nitrogens with zero attached hydrogens (tertiary/aromatic N) is 4. The molecule has 2 aromatic heterocycles. The molecule has 0 spiro atoms. The zero-order valence-electron chi connectivity index (χ0n) is 41.0. The van der Waals surface area contributed by atoms with Gasteiger partial charge in [-0.2, -0.15) is 0 Å². The summed E-state index contributed by atoms with van der Waals surface area (Å²) in [5.41, 5.74) is 4.67. The van der Waals surface area contributed by atoms with Gasteiger partial charge in [-0.05, 0) is 175 Å². The van der Waals surface area contributed by atoms with Crippen LogP contribution in [0.3, 0.4) is 0 Å². The van der Waals surface area contributed by atoms with Crippen LogP contribution in [0.15, 0.2) is 60.9 Å². The molecule has 0 bridgehead atoms. The van der Waals surface area contributed by atoms with Crippen LogP contribution < -0.4 is 10.6 Å². The van der Waals surface area contributed by atoms with Crippen molar-refractivity contribution in [2.45, 2.75) is 154 Å². The number of carbonyl (C=O) groups excluding carboxylic acids is 4. The highest BCUT2D eigenvalue weighted by Crippen LogP contribution is 2.61. The van der Waals surface area contributed by atoms with E-state index in [0.717, 1.165) is 96.7 Å². The van der Waals surface area contributed by atoms with Gasteiger partial charge >= 0.3 is 12.2 Å². The van der Waals surface area contributed by atoms with Crippen molar-refractivity contribution >= 4 is 24.0 Å². The largest absolute Gasteiger partial charge is 0.444 e. The number of aromatic amines is 2. The van der Waals surface area contributed by atoms with Crippen LogP contribution in [0.25, 0.3) is 33.6 Å². The zero-order chi connectivity index (χ0) is 47.8. The molecule has 15 atom stereocenters. The van der Waals surface area contributed by atoms with Gasteiger partial charge in [0.1, 0.15) is 34.9 Å². The van der Waals surface area contributed by atoms with Gasteiger partial charge in [-0.1, -0.05) is 55.5 Å². The van der Waals surface area contributed by atoms with Crippen molar-refractivity contribution in [1.82, 2.24) is 40.4 Å². The molecule has 6 aliphatic carbocycles. The number of piperidine rings is 2. The minimum atomic E-state index is -0.656. The third-order valence-electron chi connectivity index (χ3n) is 17.3. The molecule has 364 valence electrons. The third kappa shape index (κ3) is 8.61. The second kappa shape index (κ2) is 16.2. The summed E-state index contributed by atoms with van der Waals surface area (Å²) in [7, 11) is 0. The van der Waals surface area contributed by atoms with Crippen LogP contribution in [0.5, 0.6) is 0 Å². The van der Waals surface area contributed by atoms with Crippen molar-refractivity contribution in [2.24, 2.45) is 53.3 Å². The molecule has 4 N–H and O–H groups in total. The summed E-state index contributed by atoms with van der Waals surface area (Å²) in [5.74, 6) is 6.05. The molecular weight excluding hydrogens is 869 g/mol. The maximum absolute atomic E-state index is 14.6. The van der Waals surface area contributed by atoms with E-state index in [2.05, 4.69) is 76.1 Å². The van der Waals surface area contributed by atoms with Crippen LogP contribution in [0, 0.1) is 53.3 Å². The lowest BCUT2D eigenvalue weighted by Gasteiger charge is -2.34. The molecule has 4 amide bonds. The molecular formula is C55H68N8O6. The first kappa shape index (κ1) is 44.5. The van der Waals surface area contributed by atoms with Crippen molar-refractivity contribution < 1.29 is 28.7 Å². The van der Waals surface area contributed by atoms with Crippen molar-refractivity contribution in [3.8, 4) is 33.6 Å². The summed E-state index contributed by atoms with van der Waals surface area (Å²) < 4.78 is 11.3. The molecule has 5 unspecified atom stereocenters.